The zero-order valence-corrected chi connectivity index (χ0v) is 9.95. The first-order valence-corrected chi connectivity index (χ1v) is 5.32. The standard InChI is InChI=1S/C12H10F2N4O/c1-6-11(14)9(3-10(17-6)12(19)18-15)7-2-8(13)5-16-4-7/h2-5H,15H2,1H3,(H,18,19). The van der Waals surface area contributed by atoms with Crippen molar-refractivity contribution < 1.29 is 13.6 Å². The van der Waals surface area contributed by atoms with Crippen molar-refractivity contribution in [2.75, 3.05) is 0 Å². The fourth-order valence-electron chi connectivity index (χ4n) is 1.62. The Labute approximate surface area is 107 Å². The molecule has 1 amide bonds. The molecule has 2 aromatic rings. The highest BCUT2D eigenvalue weighted by atomic mass is 19.1. The van der Waals surface area contributed by atoms with Crippen molar-refractivity contribution in [2.24, 2.45) is 5.84 Å². The van der Waals surface area contributed by atoms with Crippen molar-refractivity contribution in [1.82, 2.24) is 15.4 Å². The first kappa shape index (κ1) is 13.0. The molecule has 2 aromatic heterocycles. The zero-order chi connectivity index (χ0) is 14.0. The first-order valence-electron chi connectivity index (χ1n) is 5.32. The minimum Gasteiger partial charge on any atom is -0.289 e. The summed E-state index contributed by atoms with van der Waals surface area (Å²) in [5.41, 5.74) is 2.12. The van der Waals surface area contributed by atoms with Gasteiger partial charge in [0.15, 0.2) is 5.82 Å². The minimum absolute atomic E-state index is 0.0142. The van der Waals surface area contributed by atoms with Crippen molar-refractivity contribution in [3.8, 4) is 11.1 Å². The van der Waals surface area contributed by atoms with Crippen LogP contribution in [0, 0.1) is 18.6 Å². The summed E-state index contributed by atoms with van der Waals surface area (Å²) in [4.78, 5) is 18.8. The van der Waals surface area contributed by atoms with Gasteiger partial charge in [-0.05, 0) is 19.1 Å². The number of pyridine rings is 2. The van der Waals surface area contributed by atoms with Crippen LogP contribution in [0.3, 0.4) is 0 Å². The summed E-state index contributed by atoms with van der Waals surface area (Å²) in [6, 6.07) is 2.32. The van der Waals surface area contributed by atoms with E-state index >= 15 is 0 Å². The largest absolute Gasteiger partial charge is 0.289 e. The SMILES string of the molecule is Cc1nc(C(=O)NN)cc(-c2cncc(F)c2)c1F. The summed E-state index contributed by atoms with van der Waals surface area (Å²) in [5, 5.41) is 0. The molecular formula is C12H10F2N4O. The van der Waals surface area contributed by atoms with Crippen molar-refractivity contribution in [2.45, 2.75) is 6.92 Å². The molecule has 3 N–H and O–H groups in total. The second kappa shape index (κ2) is 5.07. The molecule has 0 bridgehead atoms. The Balaban J connectivity index is 2.62. The molecule has 0 aliphatic rings. The van der Waals surface area contributed by atoms with E-state index in [0.717, 1.165) is 12.3 Å². The van der Waals surface area contributed by atoms with Gasteiger partial charge in [0.25, 0.3) is 5.91 Å². The number of hydrogen-bond donors (Lipinski definition) is 2. The van der Waals surface area contributed by atoms with Crippen molar-refractivity contribution in [1.29, 1.82) is 0 Å². The topological polar surface area (TPSA) is 80.9 Å². The van der Waals surface area contributed by atoms with Crippen molar-refractivity contribution >= 4 is 5.91 Å². The minimum atomic E-state index is -0.659. The molecular weight excluding hydrogens is 254 g/mol. The van der Waals surface area contributed by atoms with E-state index in [4.69, 9.17) is 5.84 Å². The molecule has 2 rings (SSSR count). The van der Waals surface area contributed by atoms with E-state index in [1.807, 2.05) is 5.43 Å². The van der Waals surface area contributed by atoms with Crippen molar-refractivity contribution in [3.05, 3.63) is 47.5 Å². The monoisotopic (exact) mass is 264 g/mol. The van der Waals surface area contributed by atoms with Gasteiger partial charge in [-0.1, -0.05) is 0 Å². The average Bonchev–Trinajstić information content (AvgIpc) is 2.40. The Kier molecular flexibility index (Phi) is 3.48. The summed E-state index contributed by atoms with van der Waals surface area (Å²) in [6.07, 6.45) is 2.30. The molecule has 0 unspecified atom stereocenters. The molecule has 0 saturated carbocycles. The van der Waals surface area contributed by atoms with E-state index < -0.39 is 17.5 Å². The lowest BCUT2D eigenvalue weighted by atomic mass is 10.1. The maximum Gasteiger partial charge on any atom is 0.283 e. The van der Waals surface area contributed by atoms with Crippen LogP contribution in [0.2, 0.25) is 0 Å². The number of aryl methyl sites for hydroxylation is 1. The van der Waals surface area contributed by atoms with Gasteiger partial charge in [-0.15, -0.1) is 0 Å². The van der Waals surface area contributed by atoms with E-state index in [2.05, 4.69) is 9.97 Å². The predicted octanol–water partition coefficient (Wildman–Crippen LogP) is 1.33. The lowest BCUT2D eigenvalue weighted by Crippen LogP contribution is -2.31. The quantitative estimate of drug-likeness (QED) is 0.487. The molecule has 0 aliphatic heterocycles. The highest BCUT2D eigenvalue weighted by Gasteiger charge is 2.15. The van der Waals surface area contributed by atoms with Crippen LogP contribution in [0.5, 0.6) is 0 Å². The molecule has 98 valence electrons. The molecule has 0 aliphatic carbocycles. The number of nitrogens with two attached hydrogens (primary N) is 1. The van der Waals surface area contributed by atoms with E-state index in [1.54, 1.807) is 0 Å². The van der Waals surface area contributed by atoms with Crippen LogP contribution < -0.4 is 11.3 Å². The Morgan fingerprint density at radius 3 is 2.68 bits per heavy atom. The van der Waals surface area contributed by atoms with Crippen LogP contribution >= 0.6 is 0 Å². The van der Waals surface area contributed by atoms with E-state index in [1.165, 1.54) is 19.2 Å². The van der Waals surface area contributed by atoms with Gasteiger partial charge < -0.3 is 0 Å². The third-order valence-electron chi connectivity index (χ3n) is 2.50. The Morgan fingerprint density at radius 2 is 2.05 bits per heavy atom. The number of amides is 1. The van der Waals surface area contributed by atoms with Gasteiger partial charge in [-0.25, -0.2) is 19.6 Å². The van der Waals surface area contributed by atoms with Crippen LogP contribution in [0.4, 0.5) is 8.78 Å². The summed E-state index contributed by atoms with van der Waals surface area (Å²) >= 11 is 0. The van der Waals surface area contributed by atoms with E-state index in [9.17, 15) is 13.6 Å². The van der Waals surface area contributed by atoms with Crippen LogP contribution in [0.1, 0.15) is 16.2 Å². The number of hydrazine groups is 1. The van der Waals surface area contributed by atoms with Gasteiger partial charge in [-0.2, -0.15) is 0 Å². The van der Waals surface area contributed by atoms with Gasteiger partial charge in [0.2, 0.25) is 0 Å². The summed E-state index contributed by atoms with van der Waals surface area (Å²) in [6.45, 7) is 1.40. The van der Waals surface area contributed by atoms with Gasteiger partial charge in [0.1, 0.15) is 11.5 Å². The highest BCUT2D eigenvalue weighted by molar-refractivity contribution is 5.93. The molecule has 5 nitrogen and oxygen atoms in total. The lowest BCUT2D eigenvalue weighted by molar-refractivity contribution is 0.0948. The number of nitrogens with zero attached hydrogens (tertiary/aromatic N) is 2. The normalized spacial score (nSPS) is 10.3. The van der Waals surface area contributed by atoms with Crippen LogP contribution in [0.15, 0.2) is 24.5 Å². The molecule has 0 aromatic carbocycles. The van der Waals surface area contributed by atoms with Crippen LogP contribution in [-0.4, -0.2) is 15.9 Å². The number of nitrogen functional groups attached to an aromatic ring is 1. The summed E-state index contributed by atoms with van der Waals surface area (Å²) < 4.78 is 27.1. The van der Waals surface area contributed by atoms with E-state index in [-0.39, 0.29) is 22.5 Å². The Hall–Kier alpha value is -2.41. The fourth-order valence-corrected chi connectivity index (χ4v) is 1.62. The van der Waals surface area contributed by atoms with Gasteiger partial charge in [0.05, 0.1) is 11.9 Å². The molecule has 0 spiro atoms. The number of halogens is 2. The third-order valence-corrected chi connectivity index (χ3v) is 2.50. The van der Waals surface area contributed by atoms with E-state index in [0.29, 0.717) is 0 Å². The van der Waals surface area contributed by atoms with Gasteiger partial charge >= 0.3 is 0 Å². The average molecular weight is 264 g/mol. The van der Waals surface area contributed by atoms with Crippen molar-refractivity contribution in [3.63, 3.8) is 0 Å². The van der Waals surface area contributed by atoms with Crippen LogP contribution in [0.25, 0.3) is 11.1 Å². The lowest BCUT2D eigenvalue weighted by Gasteiger charge is -2.08. The fraction of sp³-hybridized carbons (Fsp3) is 0.0833. The number of carbonyl (C=O) groups is 1. The van der Waals surface area contributed by atoms with Gasteiger partial charge in [-0.3, -0.25) is 15.2 Å². The number of nitrogens with one attached hydrogen (secondary N) is 1. The second-order valence-corrected chi connectivity index (χ2v) is 3.82. The Morgan fingerprint density at radius 1 is 1.32 bits per heavy atom. The van der Waals surface area contributed by atoms with Gasteiger partial charge in [0, 0.05) is 17.3 Å². The molecule has 2 heterocycles. The molecule has 0 fully saturated rings. The predicted molar refractivity (Wildman–Crippen MR) is 63.8 cm³/mol. The maximum absolute atomic E-state index is 14.0. The summed E-state index contributed by atoms with van der Waals surface area (Å²) in [7, 11) is 0. The molecule has 0 radical (unpaired) electrons. The van der Waals surface area contributed by atoms with Crippen LogP contribution in [-0.2, 0) is 0 Å². The molecule has 0 saturated heterocycles. The summed E-state index contributed by atoms with van der Waals surface area (Å²) in [5.74, 6) is 3.10. The first-order chi connectivity index (χ1) is 9.02. The number of hydrogen-bond acceptors (Lipinski definition) is 4. The third kappa shape index (κ3) is 2.55. The smallest absolute Gasteiger partial charge is 0.283 e. The number of aromatic nitrogens is 2. The Bertz CT molecular complexity index is 646. The zero-order valence-electron chi connectivity index (χ0n) is 9.95. The molecule has 0 atom stereocenters. The molecule has 19 heavy (non-hydrogen) atoms. The second-order valence-electron chi connectivity index (χ2n) is 3.82. The number of carbonyl (C=O) groups excluding carboxylic acids is 1. The highest BCUT2D eigenvalue weighted by Crippen LogP contribution is 2.24. The molecule has 7 heteroatoms. The maximum atomic E-state index is 14.0. The number of rotatable bonds is 2.